The molecule has 0 amide bonds. The molecule has 0 aliphatic carbocycles. The number of benzene rings is 1. The minimum Gasteiger partial charge on any atom is -0.452 e. The fourth-order valence-electron chi connectivity index (χ4n) is 0.699. The van der Waals surface area contributed by atoms with E-state index in [0.29, 0.717) is 4.47 Å². The summed E-state index contributed by atoms with van der Waals surface area (Å²) in [5.74, 6) is -0.168. The number of rotatable bonds is 2. The number of hydrogen-bond donors (Lipinski definition) is 0. The number of alkyl halides is 4. The lowest BCUT2D eigenvalue weighted by molar-refractivity contribution is -0.236. The molecule has 14 heavy (non-hydrogen) atoms. The lowest BCUT2D eigenvalue weighted by Gasteiger charge is -2.13. The van der Waals surface area contributed by atoms with Crippen molar-refractivity contribution in [1.29, 1.82) is 0 Å². The Hall–Kier alpha value is -0.780. The quantitative estimate of drug-likeness (QED) is 0.747. The van der Waals surface area contributed by atoms with Gasteiger partial charge >= 0.3 is 12.5 Å². The fraction of sp³-hybridized carbons (Fsp3) is 0.250. The van der Waals surface area contributed by atoms with Crippen molar-refractivity contribution in [2.75, 3.05) is 0 Å². The molecule has 1 aromatic carbocycles. The zero-order valence-electron chi connectivity index (χ0n) is 6.68. The van der Waals surface area contributed by atoms with E-state index in [1.165, 1.54) is 24.3 Å². The van der Waals surface area contributed by atoms with E-state index in [-0.39, 0.29) is 5.75 Å². The summed E-state index contributed by atoms with van der Waals surface area (Å²) in [6.45, 7) is 0. The van der Waals surface area contributed by atoms with Crippen LogP contribution in [-0.2, 0) is 0 Å². The van der Waals surface area contributed by atoms with Crippen molar-refractivity contribution < 1.29 is 22.3 Å². The van der Waals surface area contributed by atoms with Crippen LogP contribution >= 0.6 is 15.9 Å². The highest BCUT2D eigenvalue weighted by Crippen LogP contribution is 2.26. The molecule has 0 radical (unpaired) electrons. The maximum atomic E-state index is 12.3. The highest BCUT2D eigenvalue weighted by Gasteiger charge is 2.42. The zero-order valence-corrected chi connectivity index (χ0v) is 8.27. The van der Waals surface area contributed by atoms with Gasteiger partial charge in [0, 0.05) is 4.47 Å². The second-order valence-corrected chi connectivity index (χ2v) is 3.35. The molecule has 0 spiro atoms. The Kier molecular flexibility index (Phi) is 3.36. The van der Waals surface area contributed by atoms with Crippen molar-refractivity contribution >= 4 is 15.9 Å². The molecule has 1 aromatic rings. The standard InChI is InChI=1S/C8H5BrF4O/c9-5-1-3-6(4-2-5)14-7(10)8(11,12)13/h1-4,7H/t7-/m1/s1. The Balaban J connectivity index is 2.65. The van der Waals surface area contributed by atoms with Gasteiger partial charge in [-0.1, -0.05) is 15.9 Å². The Morgan fingerprint density at radius 2 is 1.64 bits per heavy atom. The first-order valence-electron chi connectivity index (χ1n) is 3.52. The summed E-state index contributed by atoms with van der Waals surface area (Å²) >= 11 is 3.08. The van der Waals surface area contributed by atoms with Crippen LogP contribution in [0.5, 0.6) is 5.75 Å². The third-order valence-electron chi connectivity index (χ3n) is 1.31. The van der Waals surface area contributed by atoms with E-state index in [4.69, 9.17) is 0 Å². The molecular formula is C8H5BrF4O. The van der Waals surface area contributed by atoms with E-state index in [2.05, 4.69) is 20.7 Å². The van der Waals surface area contributed by atoms with Gasteiger partial charge in [-0.05, 0) is 24.3 Å². The fourth-order valence-corrected chi connectivity index (χ4v) is 0.964. The van der Waals surface area contributed by atoms with Crippen LogP contribution in [0.3, 0.4) is 0 Å². The van der Waals surface area contributed by atoms with Gasteiger partial charge in [-0.15, -0.1) is 0 Å². The molecule has 78 valence electrons. The van der Waals surface area contributed by atoms with Crippen LogP contribution in [0.2, 0.25) is 0 Å². The molecule has 1 atom stereocenters. The number of halogens is 5. The first-order valence-corrected chi connectivity index (χ1v) is 4.32. The Morgan fingerprint density at radius 1 is 1.14 bits per heavy atom. The zero-order chi connectivity index (χ0) is 10.8. The van der Waals surface area contributed by atoms with Crippen LogP contribution in [0.4, 0.5) is 17.6 Å². The Labute approximate surface area is 85.8 Å². The van der Waals surface area contributed by atoms with Crippen LogP contribution < -0.4 is 4.74 Å². The molecule has 0 heterocycles. The number of hydrogen-bond acceptors (Lipinski definition) is 1. The lowest BCUT2D eigenvalue weighted by Crippen LogP contribution is -2.29. The van der Waals surface area contributed by atoms with Crippen molar-refractivity contribution in [2.45, 2.75) is 12.5 Å². The molecule has 1 nitrogen and oxygen atoms in total. The van der Waals surface area contributed by atoms with Crippen molar-refractivity contribution in [3.8, 4) is 5.75 Å². The molecule has 0 aromatic heterocycles. The predicted octanol–water partition coefficient (Wildman–Crippen LogP) is 3.69. The van der Waals surface area contributed by atoms with Gasteiger partial charge in [-0.2, -0.15) is 17.6 Å². The molecule has 6 heteroatoms. The largest absolute Gasteiger partial charge is 0.457 e. The summed E-state index contributed by atoms with van der Waals surface area (Å²) in [7, 11) is 0. The van der Waals surface area contributed by atoms with Crippen molar-refractivity contribution in [3.63, 3.8) is 0 Å². The summed E-state index contributed by atoms with van der Waals surface area (Å²) in [6, 6.07) is 5.39. The minimum atomic E-state index is -4.99. The van der Waals surface area contributed by atoms with Gasteiger partial charge < -0.3 is 4.74 Å². The van der Waals surface area contributed by atoms with E-state index < -0.39 is 12.5 Å². The molecule has 0 bridgehead atoms. The normalized spacial score (nSPS) is 13.8. The van der Waals surface area contributed by atoms with E-state index in [1.54, 1.807) is 0 Å². The SMILES string of the molecule is F[C@H](Oc1ccc(Br)cc1)C(F)(F)F. The maximum Gasteiger partial charge on any atom is 0.457 e. The van der Waals surface area contributed by atoms with Gasteiger partial charge in [0.05, 0.1) is 0 Å². The highest BCUT2D eigenvalue weighted by atomic mass is 79.9. The third kappa shape index (κ3) is 3.17. The average molecular weight is 273 g/mol. The third-order valence-corrected chi connectivity index (χ3v) is 1.84. The van der Waals surface area contributed by atoms with E-state index >= 15 is 0 Å². The first-order chi connectivity index (χ1) is 6.39. The average Bonchev–Trinajstić information content (AvgIpc) is 2.07. The highest BCUT2D eigenvalue weighted by molar-refractivity contribution is 9.10. The second-order valence-electron chi connectivity index (χ2n) is 2.43. The van der Waals surface area contributed by atoms with Crippen LogP contribution in [-0.4, -0.2) is 12.5 Å². The smallest absolute Gasteiger partial charge is 0.452 e. The molecule has 0 aliphatic rings. The molecule has 0 aliphatic heterocycles. The summed E-state index contributed by atoms with van der Waals surface area (Å²) in [4.78, 5) is 0. The summed E-state index contributed by atoms with van der Waals surface area (Å²) in [6.07, 6.45) is -8.28. The van der Waals surface area contributed by atoms with Gasteiger partial charge in [0.15, 0.2) is 0 Å². The van der Waals surface area contributed by atoms with E-state index in [9.17, 15) is 17.6 Å². The molecule has 0 saturated carbocycles. The maximum absolute atomic E-state index is 12.3. The molecule has 0 N–H and O–H groups in total. The van der Waals surface area contributed by atoms with Crippen molar-refractivity contribution in [3.05, 3.63) is 28.7 Å². The lowest BCUT2D eigenvalue weighted by atomic mass is 10.3. The Morgan fingerprint density at radius 3 is 2.07 bits per heavy atom. The summed E-state index contributed by atoms with van der Waals surface area (Å²) < 4.78 is 52.1. The summed E-state index contributed by atoms with van der Waals surface area (Å²) in [5.41, 5.74) is 0. The van der Waals surface area contributed by atoms with Crippen molar-refractivity contribution in [1.82, 2.24) is 0 Å². The Bertz CT molecular complexity index is 295. The van der Waals surface area contributed by atoms with Gasteiger partial charge in [0.2, 0.25) is 0 Å². The second kappa shape index (κ2) is 4.16. The molecule has 0 saturated heterocycles. The van der Waals surface area contributed by atoms with Crippen LogP contribution in [0, 0.1) is 0 Å². The number of ether oxygens (including phenoxy) is 1. The summed E-state index contributed by atoms with van der Waals surface area (Å²) in [5, 5.41) is 0. The molecular weight excluding hydrogens is 268 g/mol. The van der Waals surface area contributed by atoms with Gasteiger partial charge in [0.1, 0.15) is 5.75 Å². The topological polar surface area (TPSA) is 9.23 Å². The van der Waals surface area contributed by atoms with E-state index in [1.807, 2.05) is 0 Å². The van der Waals surface area contributed by atoms with Crippen molar-refractivity contribution in [2.24, 2.45) is 0 Å². The van der Waals surface area contributed by atoms with E-state index in [0.717, 1.165) is 0 Å². The van der Waals surface area contributed by atoms with Crippen LogP contribution in [0.1, 0.15) is 0 Å². The van der Waals surface area contributed by atoms with Crippen LogP contribution in [0.25, 0.3) is 0 Å². The molecule has 0 fully saturated rings. The van der Waals surface area contributed by atoms with Gasteiger partial charge in [-0.25, -0.2) is 0 Å². The van der Waals surface area contributed by atoms with Gasteiger partial charge in [-0.3, -0.25) is 0 Å². The predicted molar refractivity (Wildman–Crippen MR) is 45.7 cm³/mol. The van der Waals surface area contributed by atoms with Crippen LogP contribution in [0.15, 0.2) is 28.7 Å². The molecule has 1 rings (SSSR count). The van der Waals surface area contributed by atoms with Gasteiger partial charge in [0.25, 0.3) is 0 Å². The molecule has 0 unspecified atom stereocenters. The monoisotopic (exact) mass is 272 g/mol. The first kappa shape index (κ1) is 11.3. The minimum absolute atomic E-state index is 0.168.